The molecule has 1 N–H and O–H groups in total. The molecule has 2 amide bonds. The third-order valence-corrected chi connectivity index (χ3v) is 2.77. The van der Waals surface area contributed by atoms with Crippen molar-refractivity contribution >= 4 is 11.8 Å². The summed E-state index contributed by atoms with van der Waals surface area (Å²) in [5, 5.41) is 2.60. The average Bonchev–Trinajstić information content (AvgIpc) is 2.73. The number of hydrogen-bond acceptors (Lipinski definition) is 2. The summed E-state index contributed by atoms with van der Waals surface area (Å²) in [5.41, 5.74) is 0. The Hall–Kier alpha value is -1.13. The molecule has 2 atom stereocenters. The predicted octanol–water partition coefficient (Wildman–Crippen LogP) is -0.307. The Balaban J connectivity index is 1.92. The van der Waals surface area contributed by atoms with Crippen LogP contribution in [0.1, 0.15) is 12.8 Å². The second-order valence-electron chi connectivity index (χ2n) is 3.88. The monoisotopic (exact) mass is 200 g/mol. The molecule has 0 spiro atoms. The summed E-state index contributed by atoms with van der Waals surface area (Å²) < 4.78 is 12.8. The molecule has 0 aliphatic carbocycles. The molecule has 4 nitrogen and oxygen atoms in total. The predicted molar refractivity (Wildman–Crippen MR) is 47.2 cm³/mol. The highest BCUT2D eigenvalue weighted by molar-refractivity contribution is 5.89. The second-order valence-corrected chi connectivity index (χ2v) is 3.88. The van der Waals surface area contributed by atoms with E-state index in [4.69, 9.17) is 0 Å². The molecule has 0 bridgehead atoms. The van der Waals surface area contributed by atoms with Crippen molar-refractivity contribution < 1.29 is 14.0 Å². The van der Waals surface area contributed by atoms with Crippen LogP contribution < -0.4 is 5.32 Å². The van der Waals surface area contributed by atoms with Crippen molar-refractivity contribution in [1.82, 2.24) is 10.2 Å². The smallest absolute Gasteiger partial charge is 0.228 e. The molecule has 14 heavy (non-hydrogen) atoms. The van der Waals surface area contributed by atoms with Crippen LogP contribution in [0.15, 0.2) is 0 Å². The van der Waals surface area contributed by atoms with Gasteiger partial charge in [-0.05, 0) is 6.42 Å². The summed E-state index contributed by atoms with van der Waals surface area (Å²) in [4.78, 5) is 24.1. The van der Waals surface area contributed by atoms with Gasteiger partial charge < -0.3 is 10.2 Å². The third-order valence-electron chi connectivity index (χ3n) is 2.77. The lowest BCUT2D eigenvalue weighted by atomic mass is 10.1. The summed E-state index contributed by atoms with van der Waals surface area (Å²) in [6.45, 7) is 1.10. The molecule has 2 rings (SSSR count). The quantitative estimate of drug-likeness (QED) is 0.631. The van der Waals surface area contributed by atoms with Gasteiger partial charge in [0.25, 0.3) is 0 Å². The minimum atomic E-state index is -0.885. The first-order valence-corrected chi connectivity index (χ1v) is 4.86. The Morgan fingerprint density at radius 1 is 1.57 bits per heavy atom. The van der Waals surface area contributed by atoms with Crippen LogP contribution in [0.3, 0.4) is 0 Å². The van der Waals surface area contributed by atoms with Crippen molar-refractivity contribution in [3.8, 4) is 0 Å². The van der Waals surface area contributed by atoms with E-state index in [2.05, 4.69) is 5.32 Å². The first-order chi connectivity index (χ1) is 6.66. The van der Waals surface area contributed by atoms with E-state index >= 15 is 0 Å². The minimum absolute atomic E-state index is 0.0801. The van der Waals surface area contributed by atoms with Crippen molar-refractivity contribution in [3.05, 3.63) is 0 Å². The van der Waals surface area contributed by atoms with Crippen LogP contribution in [0, 0.1) is 5.92 Å². The molecular formula is C9H13FN2O2. The van der Waals surface area contributed by atoms with Gasteiger partial charge >= 0.3 is 0 Å². The van der Waals surface area contributed by atoms with Crippen molar-refractivity contribution in [2.24, 2.45) is 5.92 Å². The molecule has 2 fully saturated rings. The molecule has 2 aliphatic rings. The van der Waals surface area contributed by atoms with Gasteiger partial charge in [0.05, 0.1) is 12.5 Å². The molecule has 2 saturated heterocycles. The number of amides is 2. The number of rotatable bonds is 1. The zero-order valence-electron chi connectivity index (χ0n) is 7.83. The highest BCUT2D eigenvalue weighted by Gasteiger charge is 2.34. The van der Waals surface area contributed by atoms with Crippen molar-refractivity contribution in [3.63, 3.8) is 0 Å². The van der Waals surface area contributed by atoms with E-state index < -0.39 is 6.17 Å². The van der Waals surface area contributed by atoms with Crippen LogP contribution >= 0.6 is 0 Å². The lowest BCUT2D eigenvalue weighted by Gasteiger charge is -2.18. The molecule has 0 radical (unpaired) electrons. The minimum Gasteiger partial charge on any atom is -0.355 e. The van der Waals surface area contributed by atoms with E-state index in [1.165, 1.54) is 4.90 Å². The zero-order valence-corrected chi connectivity index (χ0v) is 7.83. The van der Waals surface area contributed by atoms with Gasteiger partial charge in [0, 0.05) is 19.5 Å². The first kappa shape index (κ1) is 9.43. The fraction of sp³-hybridized carbons (Fsp3) is 0.778. The van der Waals surface area contributed by atoms with Crippen LogP contribution in [0.2, 0.25) is 0 Å². The molecule has 5 heteroatoms. The molecule has 0 aromatic heterocycles. The number of alkyl halides is 1. The highest BCUT2D eigenvalue weighted by Crippen LogP contribution is 2.18. The van der Waals surface area contributed by atoms with Gasteiger partial charge in [-0.15, -0.1) is 0 Å². The molecule has 2 heterocycles. The molecule has 2 unspecified atom stereocenters. The number of carbonyl (C=O) groups is 2. The third kappa shape index (κ3) is 1.71. The number of hydrogen-bond donors (Lipinski definition) is 1. The van der Waals surface area contributed by atoms with Crippen LogP contribution in [-0.4, -0.2) is 42.5 Å². The van der Waals surface area contributed by atoms with E-state index in [0.29, 0.717) is 19.5 Å². The number of nitrogens with one attached hydrogen (secondary N) is 1. The fourth-order valence-corrected chi connectivity index (χ4v) is 1.96. The van der Waals surface area contributed by atoms with E-state index in [-0.39, 0.29) is 30.7 Å². The van der Waals surface area contributed by atoms with Gasteiger partial charge in [0.15, 0.2) is 0 Å². The summed E-state index contributed by atoms with van der Waals surface area (Å²) >= 11 is 0. The van der Waals surface area contributed by atoms with Crippen molar-refractivity contribution in [2.45, 2.75) is 19.0 Å². The number of likely N-dealkylation sites (tertiary alicyclic amines) is 1. The molecule has 2 aliphatic heterocycles. The van der Waals surface area contributed by atoms with Crippen LogP contribution in [0.5, 0.6) is 0 Å². The van der Waals surface area contributed by atoms with Gasteiger partial charge in [0.1, 0.15) is 6.17 Å². The van der Waals surface area contributed by atoms with Gasteiger partial charge in [0.2, 0.25) is 11.8 Å². The van der Waals surface area contributed by atoms with Crippen molar-refractivity contribution in [2.75, 3.05) is 19.6 Å². The van der Waals surface area contributed by atoms with E-state index in [9.17, 15) is 14.0 Å². The Morgan fingerprint density at radius 3 is 2.86 bits per heavy atom. The maximum Gasteiger partial charge on any atom is 0.228 e. The Morgan fingerprint density at radius 2 is 2.36 bits per heavy atom. The molecule has 0 saturated carbocycles. The number of nitrogens with zero attached hydrogens (tertiary/aromatic N) is 1. The Bertz CT molecular complexity index is 270. The summed E-state index contributed by atoms with van der Waals surface area (Å²) in [6, 6.07) is 0. The largest absolute Gasteiger partial charge is 0.355 e. The van der Waals surface area contributed by atoms with E-state index in [0.717, 1.165) is 0 Å². The normalized spacial score (nSPS) is 32.1. The van der Waals surface area contributed by atoms with Crippen LogP contribution in [0.4, 0.5) is 4.39 Å². The number of halogens is 1. The zero-order chi connectivity index (χ0) is 10.1. The van der Waals surface area contributed by atoms with E-state index in [1.807, 2.05) is 0 Å². The molecule has 0 aromatic carbocycles. The Labute approximate surface area is 81.4 Å². The van der Waals surface area contributed by atoms with E-state index in [1.54, 1.807) is 0 Å². The standard InChI is InChI=1S/C9H13FN2O2/c10-7-1-2-12(5-7)9(14)6-3-8(13)11-4-6/h6-7H,1-5H2,(H,11,13). The van der Waals surface area contributed by atoms with Gasteiger partial charge in [-0.1, -0.05) is 0 Å². The lowest BCUT2D eigenvalue weighted by Crippen LogP contribution is -2.35. The molecule has 78 valence electrons. The first-order valence-electron chi connectivity index (χ1n) is 4.86. The van der Waals surface area contributed by atoms with Gasteiger partial charge in [-0.2, -0.15) is 0 Å². The van der Waals surface area contributed by atoms with Crippen LogP contribution in [0.25, 0.3) is 0 Å². The van der Waals surface area contributed by atoms with Gasteiger partial charge in [-0.25, -0.2) is 4.39 Å². The fourth-order valence-electron chi connectivity index (χ4n) is 1.96. The Kier molecular flexibility index (Phi) is 2.39. The number of carbonyl (C=O) groups excluding carboxylic acids is 2. The average molecular weight is 200 g/mol. The summed E-state index contributed by atoms with van der Waals surface area (Å²) in [7, 11) is 0. The van der Waals surface area contributed by atoms with Crippen molar-refractivity contribution in [1.29, 1.82) is 0 Å². The maximum absolute atomic E-state index is 12.8. The second kappa shape index (κ2) is 3.55. The van der Waals surface area contributed by atoms with Gasteiger partial charge in [-0.3, -0.25) is 9.59 Å². The SMILES string of the molecule is O=C1CC(C(=O)N2CCC(F)C2)CN1. The van der Waals surface area contributed by atoms with Crippen LogP contribution in [-0.2, 0) is 9.59 Å². The summed E-state index contributed by atoms with van der Waals surface area (Å²) in [5.74, 6) is -0.435. The molecular weight excluding hydrogens is 187 g/mol. The topological polar surface area (TPSA) is 49.4 Å². The highest BCUT2D eigenvalue weighted by atomic mass is 19.1. The maximum atomic E-state index is 12.8. The summed E-state index contributed by atoms with van der Waals surface area (Å²) in [6.07, 6.45) is -0.199. The molecule has 0 aromatic rings. The lowest BCUT2D eigenvalue weighted by molar-refractivity contribution is -0.135.